The lowest BCUT2D eigenvalue weighted by Gasteiger charge is -2.15. The first-order chi connectivity index (χ1) is 12.5. The van der Waals surface area contributed by atoms with E-state index in [9.17, 15) is 14.7 Å². The number of hydrogen-bond acceptors (Lipinski definition) is 4. The highest BCUT2D eigenvalue weighted by Crippen LogP contribution is 2.29. The number of likely N-dealkylation sites (N-methyl/N-ethyl adjacent to an activating group) is 1. The second kappa shape index (κ2) is 7.76. The molecule has 3 N–H and O–H groups in total. The van der Waals surface area contributed by atoms with E-state index in [0.29, 0.717) is 16.3 Å². The highest BCUT2D eigenvalue weighted by Gasteiger charge is 2.20. The SMILES string of the molecule is CN1CCc2cc([C@@H](O)CNC(=O)C(=O)Nc3ccccc3Cl)ccc21. The lowest BCUT2D eigenvalue weighted by Crippen LogP contribution is -2.37. The molecular weight excluding hydrogens is 354 g/mol. The largest absolute Gasteiger partial charge is 0.387 e. The van der Waals surface area contributed by atoms with Gasteiger partial charge in [0, 0.05) is 25.8 Å². The van der Waals surface area contributed by atoms with Gasteiger partial charge in [0.25, 0.3) is 0 Å². The van der Waals surface area contributed by atoms with Crippen molar-refractivity contribution in [3.63, 3.8) is 0 Å². The maximum Gasteiger partial charge on any atom is 0.313 e. The van der Waals surface area contributed by atoms with Crippen LogP contribution in [0, 0.1) is 0 Å². The summed E-state index contributed by atoms with van der Waals surface area (Å²) in [5, 5.41) is 15.5. The number of carbonyl (C=O) groups excluding carboxylic acids is 2. The number of aliphatic hydroxyl groups excluding tert-OH is 1. The van der Waals surface area contributed by atoms with Gasteiger partial charge in [-0.2, -0.15) is 0 Å². The molecule has 136 valence electrons. The number of amides is 2. The number of anilines is 2. The summed E-state index contributed by atoms with van der Waals surface area (Å²) >= 11 is 5.95. The Kier molecular flexibility index (Phi) is 5.44. The van der Waals surface area contributed by atoms with E-state index in [1.165, 1.54) is 5.56 Å². The van der Waals surface area contributed by atoms with Crippen molar-refractivity contribution < 1.29 is 14.7 Å². The number of halogens is 1. The molecule has 0 aliphatic carbocycles. The highest BCUT2D eigenvalue weighted by atomic mass is 35.5. The van der Waals surface area contributed by atoms with Gasteiger partial charge in [-0.25, -0.2) is 0 Å². The van der Waals surface area contributed by atoms with E-state index < -0.39 is 17.9 Å². The molecule has 0 fully saturated rings. The van der Waals surface area contributed by atoms with E-state index in [1.807, 2.05) is 25.2 Å². The van der Waals surface area contributed by atoms with Crippen LogP contribution in [0.3, 0.4) is 0 Å². The molecule has 2 amide bonds. The molecule has 3 rings (SSSR count). The molecular formula is C19H20ClN3O3. The number of aliphatic hydroxyl groups is 1. The van der Waals surface area contributed by atoms with E-state index in [4.69, 9.17) is 11.6 Å². The molecule has 2 aromatic rings. The quantitative estimate of drug-likeness (QED) is 0.717. The normalized spacial score (nSPS) is 13.9. The third kappa shape index (κ3) is 3.98. The molecule has 0 bridgehead atoms. The molecule has 1 aliphatic rings. The average Bonchev–Trinajstić information content (AvgIpc) is 3.01. The predicted molar refractivity (Wildman–Crippen MR) is 101 cm³/mol. The van der Waals surface area contributed by atoms with Gasteiger partial charge in [-0.3, -0.25) is 9.59 Å². The molecule has 7 heteroatoms. The minimum atomic E-state index is -0.886. The van der Waals surface area contributed by atoms with Gasteiger partial charge in [-0.15, -0.1) is 0 Å². The van der Waals surface area contributed by atoms with Gasteiger partial charge in [0.1, 0.15) is 0 Å². The fourth-order valence-corrected chi connectivity index (χ4v) is 3.11. The maximum absolute atomic E-state index is 11.9. The highest BCUT2D eigenvalue weighted by molar-refractivity contribution is 6.41. The topological polar surface area (TPSA) is 81.7 Å². The molecule has 6 nitrogen and oxygen atoms in total. The van der Waals surface area contributed by atoms with Gasteiger partial charge < -0.3 is 20.6 Å². The van der Waals surface area contributed by atoms with Crippen LogP contribution in [0.15, 0.2) is 42.5 Å². The summed E-state index contributed by atoms with van der Waals surface area (Å²) in [5.41, 5.74) is 3.40. The summed E-state index contributed by atoms with van der Waals surface area (Å²) in [5.74, 6) is -1.66. The number of hydrogen-bond donors (Lipinski definition) is 3. The lowest BCUT2D eigenvalue weighted by atomic mass is 10.0. The van der Waals surface area contributed by atoms with E-state index in [-0.39, 0.29) is 6.54 Å². The zero-order chi connectivity index (χ0) is 18.7. The van der Waals surface area contributed by atoms with Crippen LogP contribution < -0.4 is 15.5 Å². The van der Waals surface area contributed by atoms with Crippen molar-refractivity contribution in [1.29, 1.82) is 0 Å². The van der Waals surface area contributed by atoms with Gasteiger partial charge in [0.15, 0.2) is 0 Å². The first-order valence-electron chi connectivity index (χ1n) is 8.31. The van der Waals surface area contributed by atoms with Crippen molar-refractivity contribution in [2.75, 3.05) is 30.4 Å². The van der Waals surface area contributed by atoms with E-state index in [2.05, 4.69) is 15.5 Å². The molecule has 2 aromatic carbocycles. The average molecular weight is 374 g/mol. The first-order valence-corrected chi connectivity index (χ1v) is 8.69. The Morgan fingerprint density at radius 1 is 1.23 bits per heavy atom. The summed E-state index contributed by atoms with van der Waals surface area (Å²) in [4.78, 5) is 26.0. The molecule has 0 unspecified atom stereocenters. The third-order valence-electron chi connectivity index (χ3n) is 4.40. The summed E-state index contributed by atoms with van der Waals surface area (Å²) in [6.07, 6.45) is 0.0437. The van der Waals surface area contributed by atoms with Crippen LogP contribution in [-0.4, -0.2) is 37.1 Å². The van der Waals surface area contributed by atoms with Gasteiger partial charge in [0.2, 0.25) is 0 Å². The van der Waals surface area contributed by atoms with Gasteiger partial charge in [-0.1, -0.05) is 35.9 Å². The van der Waals surface area contributed by atoms with Crippen LogP contribution in [0.5, 0.6) is 0 Å². The van der Waals surface area contributed by atoms with Gasteiger partial charge in [-0.05, 0) is 35.7 Å². The summed E-state index contributed by atoms with van der Waals surface area (Å²) in [7, 11) is 2.03. The van der Waals surface area contributed by atoms with Crippen molar-refractivity contribution >= 4 is 34.8 Å². The number of nitrogens with zero attached hydrogens (tertiary/aromatic N) is 1. The van der Waals surface area contributed by atoms with Crippen molar-refractivity contribution in [3.8, 4) is 0 Å². The second-order valence-electron chi connectivity index (χ2n) is 6.22. The van der Waals surface area contributed by atoms with E-state index >= 15 is 0 Å². The lowest BCUT2D eigenvalue weighted by molar-refractivity contribution is -0.136. The van der Waals surface area contributed by atoms with Crippen LogP contribution in [0.2, 0.25) is 5.02 Å². The smallest absolute Gasteiger partial charge is 0.313 e. The Morgan fingerprint density at radius 2 is 2.00 bits per heavy atom. The maximum atomic E-state index is 11.9. The fraction of sp³-hybridized carbons (Fsp3) is 0.263. The Labute approximate surface area is 156 Å². The van der Waals surface area contributed by atoms with Crippen molar-refractivity contribution in [1.82, 2.24) is 5.32 Å². The third-order valence-corrected chi connectivity index (χ3v) is 4.73. The minimum Gasteiger partial charge on any atom is -0.387 e. The molecule has 0 radical (unpaired) electrons. The van der Waals surface area contributed by atoms with Gasteiger partial charge in [0.05, 0.1) is 16.8 Å². The molecule has 1 heterocycles. The molecule has 0 spiro atoms. The van der Waals surface area contributed by atoms with Gasteiger partial charge >= 0.3 is 11.8 Å². The van der Waals surface area contributed by atoms with Crippen LogP contribution in [0.4, 0.5) is 11.4 Å². The standard InChI is InChI=1S/C19H20ClN3O3/c1-23-9-8-12-10-13(6-7-16(12)23)17(24)11-21-18(25)19(26)22-15-5-3-2-4-14(15)20/h2-7,10,17,24H,8-9,11H2,1H3,(H,21,25)(H,22,26)/t17-/m0/s1. The minimum absolute atomic E-state index is 0.0522. The Bertz CT molecular complexity index is 841. The predicted octanol–water partition coefficient (Wildman–Crippen LogP) is 2.12. The van der Waals surface area contributed by atoms with Crippen LogP contribution >= 0.6 is 11.6 Å². The van der Waals surface area contributed by atoms with E-state index in [0.717, 1.165) is 18.7 Å². The zero-order valence-electron chi connectivity index (χ0n) is 14.3. The number of nitrogens with one attached hydrogen (secondary N) is 2. The first kappa shape index (κ1) is 18.2. The Balaban J connectivity index is 1.56. The van der Waals surface area contributed by atoms with Crippen molar-refractivity contribution in [2.24, 2.45) is 0 Å². The molecule has 26 heavy (non-hydrogen) atoms. The molecule has 1 atom stereocenters. The number of fused-ring (bicyclic) bond motifs is 1. The number of rotatable bonds is 4. The number of carbonyl (C=O) groups is 2. The Morgan fingerprint density at radius 3 is 2.77 bits per heavy atom. The fourth-order valence-electron chi connectivity index (χ4n) is 2.92. The molecule has 0 saturated heterocycles. The van der Waals surface area contributed by atoms with Crippen molar-refractivity contribution in [2.45, 2.75) is 12.5 Å². The summed E-state index contributed by atoms with van der Waals surface area (Å²) in [6, 6.07) is 12.4. The van der Waals surface area contributed by atoms with E-state index in [1.54, 1.807) is 24.3 Å². The second-order valence-corrected chi connectivity index (χ2v) is 6.63. The molecule has 0 saturated carbocycles. The van der Waals surface area contributed by atoms with Crippen LogP contribution in [-0.2, 0) is 16.0 Å². The van der Waals surface area contributed by atoms with Crippen LogP contribution in [0.25, 0.3) is 0 Å². The van der Waals surface area contributed by atoms with Crippen molar-refractivity contribution in [3.05, 3.63) is 58.6 Å². The zero-order valence-corrected chi connectivity index (χ0v) is 15.1. The summed E-state index contributed by atoms with van der Waals surface area (Å²) in [6.45, 7) is 0.900. The van der Waals surface area contributed by atoms with Crippen LogP contribution in [0.1, 0.15) is 17.2 Å². The molecule has 0 aromatic heterocycles. The Hall–Kier alpha value is -2.57. The number of para-hydroxylation sites is 1. The molecule has 1 aliphatic heterocycles. The summed E-state index contributed by atoms with van der Waals surface area (Å²) < 4.78 is 0. The monoisotopic (exact) mass is 373 g/mol. The number of benzene rings is 2.